The van der Waals surface area contributed by atoms with Crippen LogP contribution in [0.3, 0.4) is 0 Å². The molecule has 0 aliphatic carbocycles. The number of hydrogen-bond acceptors (Lipinski definition) is 6. The van der Waals surface area contributed by atoms with Gasteiger partial charge < -0.3 is 24.2 Å². The molecule has 13 heteroatoms. The predicted molar refractivity (Wildman–Crippen MR) is 97.7 cm³/mol. The van der Waals surface area contributed by atoms with Crippen LogP contribution in [0.25, 0.3) is 11.6 Å². The molecule has 8 nitrogen and oxygen atoms in total. The number of hydrogen-bond donors (Lipinski definition) is 2. The molecule has 0 saturated carbocycles. The van der Waals surface area contributed by atoms with Crippen molar-refractivity contribution in [2.45, 2.75) is 12.4 Å². The van der Waals surface area contributed by atoms with Crippen LogP contribution < -0.4 is 15.6 Å². The first kappa shape index (κ1) is 22.9. The molecule has 0 aliphatic heterocycles. The van der Waals surface area contributed by atoms with E-state index >= 15 is 0 Å². The van der Waals surface area contributed by atoms with Gasteiger partial charge in [-0.2, -0.15) is 4.39 Å². The van der Waals surface area contributed by atoms with Gasteiger partial charge in [0.2, 0.25) is 0 Å². The Balaban J connectivity index is 1.85. The molecule has 3 aromatic rings. The van der Waals surface area contributed by atoms with Gasteiger partial charge in [0.1, 0.15) is 5.69 Å². The monoisotopic (exact) mass is 459 g/mol. The van der Waals surface area contributed by atoms with E-state index in [1.807, 2.05) is 0 Å². The summed E-state index contributed by atoms with van der Waals surface area (Å²) in [5.41, 5.74) is -1.05. The fourth-order valence-electron chi connectivity index (χ4n) is 2.69. The Labute approximate surface area is 176 Å². The molecule has 0 spiro atoms. The second-order valence-corrected chi connectivity index (χ2v) is 6.30. The molecule has 2 N–H and O–H groups in total. The zero-order valence-electron chi connectivity index (χ0n) is 16.1. The molecule has 1 amide bonds. The molecule has 1 aromatic carbocycles. The highest BCUT2D eigenvalue weighted by Crippen LogP contribution is 2.28. The second-order valence-electron chi connectivity index (χ2n) is 6.30. The maximum absolute atomic E-state index is 14.1. The highest BCUT2D eigenvalue weighted by atomic mass is 19.4. The van der Waals surface area contributed by atoms with E-state index in [9.17, 15) is 31.5 Å². The van der Waals surface area contributed by atoms with Gasteiger partial charge in [-0.05, 0) is 23.8 Å². The van der Waals surface area contributed by atoms with Gasteiger partial charge >= 0.3 is 6.36 Å². The fourth-order valence-corrected chi connectivity index (χ4v) is 2.69. The third kappa shape index (κ3) is 5.69. The van der Waals surface area contributed by atoms with Gasteiger partial charge in [0.05, 0.1) is 12.6 Å². The number of carbonyl (C=O) groups is 1. The summed E-state index contributed by atoms with van der Waals surface area (Å²) in [6.07, 6.45) is -5.08. The van der Waals surface area contributed by atoms with Crippen molar-refractivity contribution in [2.24, 2.45) is 0 Å². The molecule has 0 radical (unpaired) electrons. The van der Waals surface area contributed by atoms with E-state index < -0.39 is 41.5 Å². The molecule has 0 bridgehead atoms. The normalized spacial score (nSPS) is 12.4. The lowest BCUT2D eigenvalue weighted by Gasteiger charge is -2.19. The number of rotatable bonds is 7. The number of methoxy groups -OCH3 is 1. The Bertz CT molecular complexity index is 1170. The van der Waals surface area contributed by atoms with Crippen LogP contribution >= 0.6 is 0 Å². The van der Waals surface area contributed by atoms with Crippen molar-refractivity contribution in [3.05, 3.63) is 69.8 Å². The molecule has 3 rings (SSSR count). The summed E-state index contributed by atoms with van der Waals surface area (Å²) in [6, 6.07) is 3.69. The lowest BCUT2D eigenvalue weighted by molar-refractivity contribution is -0.275. The topological polar surface area (TPSA) is 106 Å². The van der Waals surface area contributed by atoms with Gasteiger partial charge in [-0.1, -0.05) is 6.07 Å². The van der Waals surface area contributed by atoms with E-state index in [1.54, 1.807) is 0 Å². The molecule has 2 heterocycles. The average Bonchev–Trinajstić information content (AvgIpc) is 3.14. The lowest BCUT2D eigenvalue weighted by Crippen LogP contribution is -2.33. The van der Waals surface area contributed by atoms with Crippen LogP contribution in [0.2, 0.25) is 0 Å². The molecule has 170 valence electrons. The summed E-state index contributed by atoms with van der Waals surface area (Å²) in [6.45, 7) is -0.190. The van der Waals surface area contributed by atoms with Gasteiger partial charge in [0.25, 0.3) is 17.5 Å². The molecule has 0 aliphatic rings. The van der Waals surface area contributed by atoms with E-state index in [2.05, 4.69) is 20.0 Å². The lowest BCUT2D eigenvalue weighted by atomic mass is 10.1. The number of aromatic amines is 1. The smallest absolute Gasteiger partial charge is 0.428 e. The Morgan fingerprint density at radius 2 is 1.97 bits per heavy atom. The van der Waals surface area contributed by atoms with Crippen molar-refractivity contribution < 1.29 is 40.6 Å². The van der Waals surface area contributed by atoms with E-state index in [0.29, 0.717) is 0 Å². The molecular weight excluding hydrogens is 445 g/mol. The van der Waals surface area contributed by atoms with Crippen LogP contribution in [-0.2, 0) is 4.74 Å². The van der Waals surface area contributed by atoms with Crippen LogP contribution in [-0.4, -0.2) is 36.0 Å². The van der Waals surface area contributed by atoms with E-state index in [-0.39, 0.29) is 29.4 Å². The number of amides is 1. The van der Waals surface area contributed by atoms with Crippen LogP contribution in [0.5, 0.6) is 5.75 Å². The molecule has 2 aromatic heterocycles. The van der Waals surface area contributed by atoms with Gasteiger partial charge in [-0.3, -0.25) is 9.59 Å². The number of benzene rings is 1. The van der Waals surface area contributed by atoms with Gasteiger partial charge in [0, 0.05) is 19.2 Å². The summed E-state index contributed by atoms with van der Waals surface area (Å²) in [5, 5.41) is 2.44. The summed E-state index contributed by atoms with van der Waals surface area (Å²) < 4.78 is 77.4. The van der Waals surface area contributed by atoms with Crippen LogP contribution in [0.15, 0.2) is 45.6 Å². The van der Waals surface area contributed by atoms with Gasteiger partial charge in [-0.15, -0.1) is 13.2 Å². The maximum atomic E-state index is 14.1. The fraction of sp³-hybridized carbons (Fsp3) is 0.211. The number of halogens is 5. The summed E-state index contributed by atoms with van der Waals surface area (Å²) in [4.78, 5) is 30.7. The molecule has 0 fully saturated rings. The SMILES string of the molecule is COC[C@@H](NC(=O)c1cc(=O)[nH]c(-c2ccc(F)o2)n1)c1ccc(OC(F)(F)F)c(F)c1. The minimum atomic E-state index is -5.08. The number of furan rings is 1. The first-order chi connectivity index (χ1) is 15.1. The number of nitrogens with zero attached hydrogens (tertiary/aromatic N) is 1. The van der Waals surface area contributed by atoms with Crippen LogP contribution in [0, 0.1) is 11.8 Å². The third-order valence-corrected chi connectivity index (χ3v) is 4.00. The predicted octanol–water partition coefficient (Wildman–Crippen LogP) is 3.32. The van der Waals surface area contributed by atoms with Crippen molar-refractivity contribution in [1.82, 2.24) is 15.3 Å². The first-order valence-electron chi connectivity index (χ1n) is 8.78. The number of ether oxygens (including phenoxy) is 2. The third-order valence-electron chi connectivity index (χ3n) is 4.00. The number of nitrogens with one attached hydrogen (secondary N) is 2. The molecule has 0 unspecified atom stereocenters. The molecule has 0 saturated heterocycles. The quantitative estimate of drug-likeness (QED) is 0.525. The number of alkyl halides is 3. The minimum absolute atomic E-state index is 0.0606. The Hall–Kier alpha value is -3.74. The largest absolute Gasteiger partial charge is 0.573 e. The van der Waals surface area contributed by atoms with Gasteiger partial charge in [-0.25, -0.2) is 9.37 Å². The number of H-pyrrole nitrogens is 1. The van der Waals surface area contributed by atoms with E-state index in [4.69, 9.17) is 9.15 Å². The molecular formula is C19H14F5N3O5. The number of aromatic nitrogens is 2. The first-order valence-corrected chi connectivity index (χ1v) is 8.78. The average molecular weight is 459 g/mol. The van der Waals surface area contributed by atoms with Crippen LogP contribution in [0.4, 0.5) is 22.0 Å². The van der Waals surface area contributed by atoms with Crippen molar-refractivity contribution >= 4 is 5.91 Å². The molecule has 32 heavy (non-hydrogen) atoms. The van der Waals surface area contributed by atoms with Crippen molar-refractivity contribution in [1.29, 1.82) is 0 Å². The highest BCUT2D eigenvalue weighted by molar-refractivity contribution is 5.92. The van der Waals surface area contributed by atoms with Crippen LogP contribution in [0.1, 0.15) is 22.1 Å². The maximum Gasteiger partial charge on any atom is 0.573 e. The summed E-state index contributed by atoms with van der Waals surface area (Å²) in [5.74, 6) is -3.59. The van der Waals surface area contributed by atoms with Gasteiger partial charge in [0.15, 0.2) is 23.2 Å². The zero-order valence-corrected chi connectivity index (χ0v) is 16.1. The minimum Gasteiger partial charge on any atom is -0.428 e. The summed E-state index contributed by atoms with van der Waals surface area (Å²) in [7, 11) is 1.28. The standard InChI is InChI=1S/C19H14F5N3O5/c1-30-8-12(9-2-3-13(10(20)6-9)32-19(22,23)24)26-18(29)11-7-16(28)27-17(25-11)14-4-5-15(21)31-14/h2-7,12H,8H2,1H3,(H,26,29)(H,25,27,28)/t12-/m1/s1. The number of carbonyl (C=O) groups excluding carboxylic acids is 1. The Morgan fingerprint density at radius 1 is 1.22 bits per heavy atom. The highest BCUT2D eigenvalue weighted by Gasteiger charge is 2.32. The second kappa shape index (κ2) is 9.18. The van der Waals surface area contributed by atoms with E-state index in [1.165, 1.54) is 13.2 Å². The Kier molecular flexibility index (Phi) is 6.58. The Morgan fingerprint density at radius 3 is 2.56 bits per heavy atom. The molecule has 1 atom stereocenters. The van der Waals surface area contributed by atoms with Crippen molar-refractivity contribution in [3.63, 3.8) is 0 Å². The van der Waals surface area contributed by atoms with Crippen molar-refractivity contribution in [2.75, 3.05) is 13.7 Å². The summed E-state index contributed by atoms with van der Waals surface area (Å²) >= 11 is 0. The van der Waals surface area contributed by atoms with E-state index in [0.717, 1.165) is 30.3 Å². The zero-order chi connectivity index (χ0) is 23.5. The van der Waals surface area contributed by atoms with Crippen molar-refractivity contribution in [3.8, 4) is 17.3 Å².